The number of sulfonamides is 1. The summed E-state index contributed by atoms with van der Waals surface area (Å²) in [6, 6.07) is 10.5. The van der Waals surface area contributed by atoms with Crippen LogP contribution in [-0.2, 0) is 19.6 Å². The summed E-state index contributed by atoms with van der Waals surface area (Å²) in [7, 11) is -2.39. The summed E-state index contributed by atoms with van der Waals surface area (Å²) in [5.41, 5.74) is 0.712. The zero-order valence-electron chi connectivity index (χ0n) is 16.6. The van der Waals surface area contributed by atoms with E-state index < -0.39 is 21.8 Å². The molecule has 31 heavy (non-hydrogen) atoms. The Labute approximate surface area is 193 Å². The molecule has 0 radical (unpaired) electrons. The van der Waals surface area contributed by atoms with Crippen molar-refractivity contribution in [3.05, 3.63) is 52.5 Å². The number of hydrogen-bond donors (Lipinski definition) is 3. The highest BCUT2D eigenvalue weighted by atomic mass is 79.9. The Morgan fingerprint density at radius 3 is 2.39 bits per heavy atom. The van der Waals surface area contributed by atoms with Crippen LogP contribution in [0.5, 0.6) is 5.75 Å². The van der Waals surface area contributed by atoms with Crippen molar-refractivity contribution in [3.8, 4) is 5.75 Å². The molecule has 0 aromatic heterocycles. The topological polar surface area (TPSA) is 123 Å². The van der Waals surface area contributed by atoms with E-state index >= 15 is 0 Å². The van der Waals surface area contributed by atoms with E-state index in [4.69, 9.17) is 21.7 Å². The van der Waals surface area contributed by atoms with E-state index in [0.29, 0.717) is 22.5 Å². The number of hydrogen-bond acceptors (Lipinski definition) is 7. The van der Waals surface area contributed by atoms with Crippen molar-refractivity contribution >= 4 is 60.8 Å². The molecule has 0 spiro atoms. The van der Waals surface area contributed by atoms with E-state index in [-0.39, 0.29) is 22.2 Å². The van der Waals surface area contributed by atoms with E-state index in [0.717, 1.165) is 6.92 Å². The van der Waals surface area contributed by atoms with Gasteiger partial charge in [0.25, 0.3) is 15.9 Å². The highest BCUT2D eigenvalue weighted by Crippen LogP contribution is 2.23. The predicted octanol–water partition coefficient (Wildman–Crippen LogP) is 2.43. The van der Waals surface area contributed by atoms with Gasteiger partial charge in [-0.1, -0.05) is 15.9 Å². The van der Waals surface area contributed by atoms with Crippen molar-refractivity contribution < 1.29 is 27.5 Å². The second-order valence-electron chi connectivity index (χ2n) is 6.08. The van der Waals surface area contributed by atoms with Crippen LogP contribution in [0.15, 0.2) is 51.8 Å². The molecule has 0 heterocycles. The SMILES string of the molecule is COCCOc1ccc(Br)cc1C(=O)NC(=S)Nc1ccc(S(=O)(=O)NC(C)=O)cc1. The molecular formula is C19H20BrN3O6S2. The Morgan fingerprint density at radius 2 is 1.77 bits per heavy atom. The van der Waals surface area contributed by atoms with E-state index in [1.165, 1.54) is 24.3 Å². The highest BCUT2D eigenvalue weighted by molar-refractivity contribution is 9.10. The van der Waals surface area contributed by atoms with Gasteiger partial charge in [0.2, 0.25) is 5.91 Å². The van der Waals surface area contributed by atoms with E-state index in [1.54, 1.807) is 25.3 Å². The van der Waals surface area contributed by atoms with Gasteiger partial charge in [-0.15, -0.1) is 0 Å². The minimum Gasteiger partial charge on any atom is -0.490 e. The third-order valence-corrected chi connectivity index (χ3v) is 5.81. The number of ether oxygens (including phenoxy) is 2. The molecule has 0 fully saturated rings. The number of rotatable bonds is 8. The van der Waals surface area contributed by atoms with Crippen molar-refractivity contribution in [2.45, 2.75) is 11.8 Å². The molecule has 0 saturated carbocycles. The Morgan fingerprint density at radius 1 is 1.10 bits per heavy atom. The molecule has 166 valence electrons. The molecule has 3 N–H and O–H groups in total. The van der Waals surface area contributed by atoms with E-state index in [1.807, 2.05) is 4.72 Å². The fourth-order valence-electron chi connectivity index (χ4n) is 2.34. The smallest absolute Gasteiger partial charge is 0.264 e. The number of benzene rings is 2. The lowest BCUT2D eigenvalue weighted by Crippen LogP contribution is -2.34. The summed E-state index contributed by atoms with van der Waals surface area (Å²) in [6.07, 6.45) is 0. The number of carbonyl (C=O) groups is 2. The van der Waals surface area contributed by atoms with E-state index in [9.17, 15) is 18.0 Å². The average molecular weight is 530 g/mol. The number of carbonyl (C=O) groups excluding carboxylic acids is 2. The normalized spacial score (nSPS) is 10.8. The van der Waals surface area contributed by atoms with Gasteiger partial charge in [0.05, 0.1) is 17.1 Å². The first-order valence-corrected chi connectivity index (χ1v) is 11.5. The second-order valence-corrected chi connectivity index (χ2v) is 9.08. The van der Waals surface area contributed by atoms with Crippen LogP contribution in [0.1, 0.15) is 17.3 Å². The minimum atomic E-state index is -3.94. The van der Waals surface area contributed by atoms with Gasteiger partial charge in [-0.25, -0.2) is 13.1 Å². The van der Waals surface area contributed by atoms with Crippen LogP contribution in [0.2, 0.25) is 0 Å². The molecule has 0 aliphatic rings. The average Bonchev–Trinajstić information content (AvgIpc) is 2.68. The predicted molar refractivity (Wildman–Crippen MR) is 123 cm³/mol. The standard InChI is InChI=1S/C19H20BrN3O6S2/c1-12(24)23-31(26,27)15-6-4-14(5-7-15)21-19(30)22-18(25)16-11-13(20)3-8-17(16)29-10-9-28-2/h3-8,11H,9-10H2,1-2H3,(H,23,24)(H2,21,22,25,30). The van der Waals surface area contributed by atoms with Crippen LogP contribution < -0.4 is 20.1 Å². The Balaban J connectivity index is 2.05. The van der Waals surface area contributed by atoms with Crippen LogP contribution in [0.3, 0.4) is 0 Å². The number of halogens is 1. The lowest BCUT2D eigenvalue weighted by atomic mass is 10.2. The third kappa shape index (κ3) is 7.58. The van der Waals surface area contributed by atoms with Crippen molar-refractivity contribution in [3.63, 3.8) is 0 Å². The third-order valence-electron chi connectivity index (χ3n) is 3.66. The van der Waals surface area contributed by atoms with Gasteiger partial charge < -0.3 is 14.8 Å². The molecule has 2 aromatic rings. The van der Waals surface area contributed by atoms with Gasteiger partial charge in [-0.2, -0.15) is 0 Å². The maximum Gasteiger partial charge on any atom is 0.264 e. The van der Waals surface area contributed by atoms with Gasteiger partial charge in [0.15, 0.2) is 5.11 Å². The summed E-state index contributed by atoms with van der Waals surface area (Å²) in [4.78, 5) is 23.6. The Kier molecular flexibility index (Phi) is 8.92. The van der Waals surface area contributed by atoms with Crippen molar-refractivity contribution in [2.75, 3.05) is 25.6 Å². The van der Waals surface area contributed by atoms with E-state index in [2.05, 4.69) is 26.6 Å². The van der Waals surface area contributed by atoms with Crippen molar-refractivity contribution in [1.29, 1.82) is 0 Å². The lowest BCUT2D eigenvalue weighted by molar-refractivity contribution is -0.117. The summed E-state index contributed by atoms with van der Waals surface area (Å²) < 4.78 is 37.0. The van der Waals surface area contributed by atoms with Crippen LogP contribution in [0.25, 0.3) is 0 Å². The van der Waals surface area contributed by atoms with Crippen LogP contribution in [0, 0.1) is 0 Å². The zero-order valence-corrected chi connectivity index (χ0v) is 19.8. The molecule has 0 atom stereocenters. The molecule has 9 nitrogen and oxygen atoms in total. The molecule has 2 amide bonds. The Hall–Kier alpha value is -2.54. The number of nitrogens with one attached hydrogen (secondary N) is 3. The number of thiocarbonyl (C=S) groups is 1. The monoisotopic (exact) mass is 529 g/mol. The molecule has 0 aliphatic heterocycles. The van der Waals surface area contributed by atoms with Gasteiger partial charge >= 0.3 is 0 Å². The first kappa shape index (κ1) is 24.7. The number of methoxy groups -OCH3 is 1. The van der Waals surface area contributed by atoms with Gasteiger partial charge in [-0.05, 0) is 54.7 Å². The van der Waals surface area contributed by atoms with Gasteiger partial charge in [-0.3, -0.25) is 14.9 Å². The molecule has 12 heteroatoms. The number of anilines is 1. The zero-order chi connectivity index (χ0) is 23.0. The molecule has 0 aliphatic carbocycles. The van der Waals surface area contributed by atoms with Gasteiger partial charge in [0.1, 0.15) is 12.4 Å². The largest absolute Gasteiger partial charge is 0.490 e. The fourth-order valence-corrected chi connectivity index (χ4v) is 3.90. The fraction of sp³-hybridized carbons (Fsp3) is 0.211. The van der Waals surface area contributed by atoms with Crippen molar-refractivity contribution in [1.82, 2.24) is 10.0 Å². The van der Waals surface area contributed by atoms with Crippen LogP contribution in [0.4, 0.5) is 5.69 Å². The summed E-state index contributed by atoms with van der Waals surface area (Å²) >= 11 is 8.49. The molecule has 0 saturated heterocycles. The van der Waals surface area contributed by atoms with Crippen LogP contribution in [-0.4, -0.2) is 45.7 Å². The lowest BCUT2D eigenvalue weighted by Gasteiger charge is -2.13. The molecule has 0 unspecified atom stereocenters. The maximum atomic E-state index is 12.6. The number of amides is 2. The quantitative estimate of drug-likeness (QED) is 0.352. The maximum absolute atomic E-state index is 12.6. The summed E-state index contributed by atoms with van der Waals surface area (Å²) in [5.74, 6) is -0.812. The highest BCUT2D eigenvalue weighted by Gasteiger charge is 2.17. The van der Waals surface area contributed by atoms with Crippen molar-refractivity contribution in [2.24, 2.45) is 0 Å². The van der Waals surface area contributed by atoms with Crippen LogP contribution >= 0.6 is 28.1 Å². The second kappa shape index (κ2) is 11.2. The first-order valence-electron chi connectivity index (χ1n) is 8.79. The molecule has 2 aromatic carbocycles. The van der Waals surface area contributed by atoms with Gasteiger partial charge in [0, 0.05) is 24.2 Å². The Bertz CT molecular complexity index is 1070. The molecule has 2 rings (SSSR count). The minimum absolute atomic E-state index is 0.00489. The summed E-state index contributed by atoms with van der Waals surface area (Å²) in [5, 5.41) is 5.35. The molecule has 0 bridgehead atoms. The first-order chi connectivity index (χ1) is 14.6. The molecular weight excluding hydrogens is 510 g/mol. The summed E-state index contributed by atoms with van der Waals surface area (Å²) in [6.45, 7) is 1.74.